The van der Waals surface area contributed by atoms with Gasteiger partial charge < -0.3 is 10.5 Å². The zero-order chi connectivity index (χ0) is 12.7. The Morgan fingerprint density at radius 2 is 2.29 bits per heavy atom. The van der Waals surface area contributed by atoms with E-state index in [9.17, 15) is 4.79 Å². The zero-order valence-electron chi connectivity index (χ0n) is 10.0. The normalized spacial score (nSPS) is 12.4. The highest BCUT2D eigenvalue weighted by molar-refractivity contribution is 5.84. The Hall–Kier alpha value is -2.04. The van der Waals surface area contributed by atoms with E-state index in [1.807, 2.05) is 31.2 Å². The minimum Gasteiger partial charge on any atom is -0.490 e. The van der Waals surface area contributed by atoms with Gasteiger partial charge in [0.05, 0.1) is 12.3 Å². The number of ether oxygens (including phenoxy) is 1. The van der Waals surface area contributed by atoms with Gasteiger partial charge in [-0.15, -0.1) is 0 Å². The summed E-state index contributed by atoms with van der Waals surface area (Å²) in [5, 5.41) is 3.71. The average molecular weight is 235 g/mol. The Balaban J connectivity index is 2.77. The van der Waals surface area contributed by atoms with Gasteiger partial charge in [0.2, 0.25) is 0 Å². The van der Waals surface area contributed by atoms with Crippen LogP contribution in [0.15, 0.2) is 29.4 Å². The van der Waals surface area contributed by atoms with E-state index in [1.54, 1.807) is 0 Å². The second-order valence-electron chi connectivity index (χ2n) is 3.61. The van der Waals surface area contributed by atoms with E-state index >= 15 is 0 Å². The van der Waals surface area contributed by atoms with Crippen LogP contribution in [-0.2, 0) is 0 Å². The molecule has 0 aliphatic rings. The predicted molar refractivity (Wildman–Crippen MR) is 67.1 cm³/mol. The lowest BCUT2D eigenvalue weighted by molar-refractivity contribution is 0.217. The molecule has 2 amide bonds. The van der Waals surface area contributed by atoms with Crippen molar-refractivity contribution in [2.24, 2.45) is 10.8 Å². The summed E-state index contributed by atoms with van der Waals surface area (Å²) in [4.78, 5) is 10.5. The van der Waals surface area contributed by atoms with Crippen LogP contribution in [0.5, 0.6) is 5.75 Å². The van der Waals surface area contributed by atoms with E-state index < -0.39 is 6.03 Å². The Morgan fingerprint density at radius 1 is 1.59 bits per heavy atom. The number of amides is 2. The number of primary amides is 1. The number of urea groups is 1. The summed E-state index contributed by atoms with van der Waals surface area (Å²) >= 11 is 0. The highest BCUT2D eigenvalue weighted by atomic mass is 16.5. The first-order valence-corrected chi connectivity index (χ1v) is 5.47. The van der Waals surface area contributed by atoms with Crippen LogP contribution in [-0.4, -0.2) is 18.3 Å². The fourth-order valence-electron chi connectivity index (χ4n) is 1.16. The second kappa shape index (κ2) is 6.52. The largest absolute Gasteiger partial charge is 0.490 e. The predicted octanol–water partition coefficient (Wildman–Crippen LogP) is 1.87. The number of hydrazone groups is 1. The molecule has 3 N–H and O–H groups in total. The molecule has 1 unspecified atom stereocenters. The van der Waals surface area contributed by atoms with E-state index in [-0.39, 0.29) is 6.10 Å². The molecule has 1 rings (SSSR count). The van der Waals surface area contributed by atoms with Crippen LogP contribution in [0.25, 0.3) is 0 Å². The van der Waals surface area contributed by atoms with Crippen LogP contribution in [0.4, 0.5) is 4.79 Å². The van der Waals surface area contributed by atoms with Crippen molar-refractivity contribution in [1.82, 2.24) is 5.43 Å². The molecule has 0 aliphatic heterocycles. The number of rotatable bonds is 5. The van der Waals surface area contributed by atoms with Crippen molar-refractivity contribution in [3.8, 4) is 5.75 Å². The number of nitrogens with two attached hydrogens (primary N) is 1. The molecule has 0 saturated heterocycles. The van der Waals surface area contributed by atoms with Crippen molar-refractivity contribution in [2.45, 2.75) is 26.4 Å². The summed E-state index contributed by atoms with van der Waals surface area (Å²) in [7, 11) is 0. The smallest absolute Gasteiger partial charge is 0.332 e. The number of hydrogen-bond donors (Lipinski definition) is 2. The van der Waals surface area contributed by atoms with Crippen molar-refractivity contribution in [3.05, 3.63) is 29.8 Å². The van der Waals surface area contributed by atoms with Gasteiger partial charge in [-0.1, -0.05) is 19.1 Å². The third-order valence-corrected chi connectivity index (χ3v) is 2.20. The summed E-state index contributed by atoms with van der Waals surface area (Å²) in [6, 6.07) is 6.77. The van der Waals surface area contributed by atoms with E-state index in [0.717, 1.165) is 17.7 Å². The number of carbonyl (C=O) groups is 1. The Bertz CT molecular complexity index is 404. The Labute approximate surface area is 101 Å². The first kappa shape index (κ1) is 13.0. The van der Waals surface area contributed by atoms with Crippen LogP contribution < -0.4 is 15.9 Å². The monoisotopic (exact) mass is 235 g/mol. The standard InChI is InChI=1S/C12H17N3O2/c1-3-9(2)17-11-7-5-4-6-10(11)8-14-15-12(13)16/h4-9H,3H2,1-2H3,(H3,13,15,16). The molecule has 0 aliphatic carbocycles. The van der Waals surface area contributed by atoms with Crippen LogP contribution >= 0.6 is 0 Å². The molecule has 5 heteroatoms. The molecule has 1 atom stereocenters. The SMILES string of the molecule is CCC(C)Oc1ccccc1C=NNC(N)=O. The van der Waals surface area contributed by atoms with Gasteiger partial charge in [-0.2, -0.15) is 5.10 Å². The summed E-state index contributed by atoms with van der Waals surface area (Å²) in [6.45, 7) is 4.05. The van der Waals surface area contributed by atoms with Crippen LogP contribution in [0.2, 0.25) is 0 Å². The maximum absolute atomic E-state index is 10.5. The molecule has 0 radical (unpaired) electrons. The lowest BCUT2D eigenvalue weighted by Crippen LogP contribution is -2.24. The van der Waals surface area contributed by atoms with E-state index in [2.05, 4.69) is 17.5 Å². The number of carbonyl (C=O) groups excluding carboxylic acids is 1. The second-order valence-corrected chi connectivity index (χ2v) is 3.61. The number of benzene rings is 1. The molecule has 1 aromatic rings. The lowest BCUT2D eigenvalue weighted by atomic mass is 10.2. The topological polar surface area (TPSA) is 76.7 Å². The van der Waals surface area contributed by atoms with Gasteiger partial charge in [0.25, 0.3) is 0 Å². The lowest BCUT2D eigenvalue weighted by Gasteiger charge is -2.14. The molecule has 0 bridgehead atoms. The number of nitrogens with zero attached hydrogens (tertiary/aromatic N) is 1. The fraction of sp³-hybridized carbons (Fsp3) is 0.333. The van der Waals surface area contributed by atoms with Crippen LogP contribution in [0.3, 0.4) is 0 Å². The molecule has 17 heavy (non-hydrogen) atoms. The molecule has 0 aromatic heterocycles. The van der Waals surface area contributed by atoms with Crippen LogP contribution in [0.1, 0.15) is 25.8 Å². The van der Waals surface area contributed by atoms with Gasteiger partial charge in [-0.3, -0.25) is 0 Å². The molecule has 5 nitrogen and oxygen atoms in total. The first-order chi connectivity index (χ1) is 8.13. The van der Waals surface area contributed by atoms with Gasteiger partial charge in [-0.05, 0) is 25.5 Å². The average Bonchev–Trinajstić information content (AvgIpc) is 2.30. The highest BCUT2D eigenvalue weighted by Crippen LogP contribution is 2.18. The van der Waals surface area contributed by atoms with Crippen molar-refractivity contribution in [3.63, 3.8) is 0 Å². The first-order valence-electron chi connectivity index (χ1n) is 5.47. The van der Waals surface area contributed by atoms with Gasteiger partial charge >= 0.3 is 6.03 Å². The maximum atomic E-state index is 10.5. The number of para-hydroxylation sites is 1. The molecular formula is C12H17N3O2. The van der Waals surface area contributed by atoms with Crippen molar-refractivity contribution >= 4 is 12.2 Å². The zero-order valence-corrected chi connectivity index (χ0v) is 10.0. The van der Waals surface area contributed by atoms with Crippen molar-refractivity contribution in [1.29, 1.82) is 0 Å². The number of nitrogens with one attached hydrogen (secondary N) is 1. The summed E-state index contributed by atoms with van der Waals surface area (Å²) in [5.41, 5.74) is 7.84. The van der Waals surface area contributed by atoms with Gasteiger partial charge in [0, 0.05) is 5.56 Å². The van der Waals surface area contributed by atoms with E-state index in [4.69, 9.17) is 10.5 Å². The Kier molecular flexibility index (Phi) is 5.00. The van der Waals surface area contributed by atoms with Crippen LogP contribution in [0, 0.1) is 0 Å². The van der Waals surface area contributed by atoms with Crippen molar-refractivity contribution < 1.29 is 9.53 Å². The molecule has 0 spiro atoms. The molecule has 0 fully saturated rings. The molecule has 1 aromatic carbocycles. The third-order valence-electron chi connectivity index (χ3n) is 2.20. The summed E-state index contributed by atoms with van der Waals surface area (Å²) in [6.07, 6.45) is 2.56. The summed E-state index contributed by atoms with van der Waals surface area (Å²) < 4.78 is 5.72. The third kappa shape index (κ3) is 4.55. The number of hydrogen-bond acceptors (Lipinski definition) is 3. The highest BCUT2D eigenvalue weighted by Gasteiger charge is 2.04. The molecular weight excluding hydrogens is 218 g/mol. The minimum atomic E-state index is -0.693. The van der Waals surface area contributed by atoms with Gasteiger partial charge in [-0.25, -0.2) is 10.2 Å². The van der Waals surface area contributed by atoms with Gasteiger partial charge in [0.15, 0.2) is 0 Å². The minimum absolute atomic E-state index is 0.133. The molecule has 92 valence electrons. The quantitative estimate of drug-likeness (QED) is 0.603. The van der Waals surface area contributed by atoms with E-state index in [0.29, 0.717) is 0 Å². The van der Waals surface area contributed by atoms with E-state index in [1.165, 1.54) is 6.21 Å². The van der Waals surface area contributed by atoms with Gasteiger partial charge in [0.1, 0.15) is 5.75 Å². The molecule has 0 saturated carbocycles. The van der Waals surface area contributed by atoms with Crippen molar-refractivity contribution in [2.75, 3.05) is 0 Å². The fourth-order valence-corrected chi connectivity index (χ4v) is 1.16. The summed E-state index contributed by atoms with van der Waals surface area (Å²) in [5.74, 6) is 0.733. The maximum Gasteiger partial charge on any atom is 0.332 e. The molecule has 0 heterocycles. The Morgan fingerprint density at radius 3 is 2.94 bits per heavy atom.